The molecule has 2 heterocycles. The molecule has 0 bridgehead atoms. The number of aromatic nitrogens is 1. The highest BCUT2D eigenvalue weighted by Gasteiger charge is 2.40. The number of hydrogen-bond donors (Lipinski definition) is 1. The van der Waals surface area contributed by atoms with E-state index in [-0.39, 0.29) is 11.3 Å². The number of nitrogens with zero attached hydrogens (tertiary/aromatic N) is 1. The summed E-state index contributed by atoms with van der Waals surface area (Å²) < 4.78 is 31.4. The number of fused-ring (bicyclic) bond motifs is 1. The van der Waals surface area contributed by atoms with Gasteiger partial charge in [0.25, 0.3) is 6.43 Å². The monoisotopic (exact) mass is 316 g/mol. The van der Waals surface area contributed by atoms with E-state index in [0.717, 1.165) is 48.4 Å². The molecule has 5 heteroatoms. The molecule has 1 aliphatic carbocycles. The first-order valence-corrected chi connectivity index (χ1v) is 7.92. The number of alkyl halides is 2. The summed E-state index contributed by atoms with van der Waals surface area (Å²) in [6.45, 7) is 1.63. The molecule has 0 amide bonds. The van der Waals surface area contributed by atoms with Gasteiger partial charge in [-0.1, -0.05) is 12.1 Å². The first-order valence-electron chi connectivity index (χ1n) is 7.92. The second-order valence-corrected chi connectivity index (χ2v) is 6.34. The number of rotatable bonds is 2. The van der Waals surface area contributed by atoms with Crippen molar-refractivity contribution in [1.82, 2.24) is 10.3 Å². The van der Waals surface area contributed by atoms with Crippen LogP contribution in [-0.4, -0.2) is 17.1 Å². The van der Waals surface area contributed by atoms with Gasteiger partial charge in [0.15, 0.2) is 0 Å². The van der Waals surface area contributed by atoms with Gasteiger partial charge in [-0.25, -0.2) is 8.78 Å². The minimum absolute atomic E-state index is 0.0345. The third kappa shape index (κ3) is 2.70. The lowest BCUT2D eigenvalue weighted by Crippen LogP contribution is -2.49. The van der Waals surface area contributed by atoms with Crippen molar-refractivity contribution in [3.05, 3.63) is 47.8 Å². The Bertz CT molecular complexity index is 711. The van der Waals surface area contributed by atoms with Crippen LogP contribution in [0.25, 0.3) is 11.1 Å². The summed E-state index contributed by atoms with van der Waals surface area (Å²) >= 11 is 0. The molecule has 2 aliphatic rings. The number of halogens is 2. The third-order valence-electron chi connectivity index (χ3n) is 4.76. The predicted octanol–water partition coefficient (Wildman–Crippen LogP) is 4.09. The predicted molar refractivity (Wildman–Crippen MR) is 83.5 cm³/mol. The van der Waals surface area contributed by atoms with Crippen molar-refractivity contribution >= 4 is 0 Å². The normalized spacial score (nSPS) is 18.9. The minimum Gasteiger partial charge on any atom is -0.486 e. The molecule has 1 saturated carbocycles. The average Bonchev–Trinajstić information content (AvgIpc) is 2.73. The van der Waals surface area contributed by atoms with Crippen LogP contribution < -0.4 is 10.1 Å². The SMILES string of the molecule is FC(F)c1ccc(-c2ccc3c(c2)CNCC2(CCC2)O3)cn1. The highest BCUT2D eigenvalue weighted by molar-refractivity contribution is 5.65. The van der Waals surface area contributed by atoms with Gasteiger partial charge < -0.3 is 10.1 Å². The quantitative estimate of drug-likeness (QED) is 0.906. The molecule has 1 aromatic heterocycles. The molecule has 120 valence electrons. The van der Waals surface area contributed by atoms with Crippen molar-refractivity contribution in [2.45, 2.75) is 37.8 Å². The second-order valence-electron chi connectivity index (χ2n) is 6.34. The third-order valence-corrected chi connectivity index (χ3v) is 4.76. The molecule has 0 atom stereocenters. The largest absolute Gasteiger partial charge is 0.486 e. The molecular weight excluding hydrogens is 298 g/mol. The van der Waals surface area contributed by atoms with Crippen molar-refractivity contribution < 1.29 is 13.5 Å². The maximum absolute atomic E-state index is 12.6. The van der Waals surface area contributed by atoms with Crippen molar-refractivity contribution in [3.63, 3.8) is 0 Å². The zero-order valence-electron chi connectivity index (χ0n) is 12.7. The zero-order valence-corrected chi connectivity index (χ0v) is 12.7. The standard InChI is InChI=1S/C18H18F2N2O/c19-17(20)15-4-2-13(10-22-15)12-3-5-16-14(8-12)9-21-11-18(23-16)6-1-7-18/h2-5,8,10,17,21H,1,6-7,9,11H2. The number of pyridine rings is 1. The van der Waals surface area contributed by atoms with E-state index in [9.17, 15) is 8.78 Å². The van der Waals surface area contributed by atoms with Crippen LogP contribution in [0.4, 0.5) is 8.78 Å². The molecule has 4 rings (SSSR count). The molecule has 2 aromatic rings. The van der Waals surface area contributed by atoms with Gasteiger partial charge in [0, 0.05) is 30.4 Å². The fourth-order valence-electron chi connectivity index (χ4n) is 3.25. The van der Waals surface area contributed by atoms with Gasteiger partial charge >= 0.3 is 0 Å². The van der Waals surface area contributed by atoms with Gasteiger partial charge in [-0.2, -0.15) is 0 Å². The van der Waals surface area contributed by atoms with E-state index in [1.165, 1.54) is 18.7 Å². The maximum atomic E-state index is 12.6. The Hall–Kier alpha value is -2.01. The van der Waals surface area contributed by atoms with Gasteiger partial charge in [0.1, 0.15) is 17.0 Å². The van der Waals surface area contributed by atoms with E-state index in [4.69, 9.17) is 4.74 Å². The highest BCUT2D eigenvalue weighted by atomic mass is 19.3. The fourth-order valence-corrected chi connectivity index (χ4v) is 3.25. The van der Waals surface area contributed by atoms with Gasteiger partial charge in [0.2, 0.25) is 0 Å². The summed E-state index contributed by atoms with van der Waals surface area (Å²) in [7, 11) is 0. The van der Waals surface area contributed by atoms with Crippen molar-refractivity contribution in [2.24, 2.45) is 0 Å². The first-order chi connectivity index (χ1) is 11.2. The summed E-state index contributed by atoms with van der Waals surface area (Å²) in [5.41, 5.74) is 2.67. The van der Waals surface area contributed by atoms with Crippen LogP contribution in [0, 0.1) is 0 Å². The minimum atomic E-state index is -2.53. The molecule has 23 heavy (non-hydrogen) atoms. The lowest BCUT2D eigenvalue weighted by molar-refractivity contribution is -0.00147. The van der Waals surface area contributed by atoms with E-state index in [1.807, 2.05) is 12.1 Å². The topological polar surface area (TPSA) is 34.1 Å². The van der Waals surface area contributed by atoms with Crippen molar-refractivity contribution in [2.75, 3.05) is 6.54 Å². The van der Waals surface area contributed by atoms with E-state index in [1.54, 1.807) is 6.07 Å². The Balaban J connectivity index is 1.63. The Morgan fingerprint density at radius 2 is 1.96 bits per heavy atom. The molecule has 0 saturated heterocycles. The van der Waals surface area contributed by atoms with Crippen LogP contribution in [0.2, 0.25) is 0 Å². The van der Waals surface area contributed by atoms with Gasteiger partial charge in [0.05, 0.1) is 0 Å². The van der Waals surface area contributed by atoms with Crippen LogP contribution in [-0.2, 0) is 6.54 Å². The van der Waals surface area contributed by atoms with Gasteiger partial charge in [-0.3, -0.25) is 4.98 Å². The van der Waals surface area contributed by atoms with Gasteiger partial charge in [-0.05, 0) is 43.0 Å². The summed E-state index contributed by atoms with van der Waals surface area (Å²) in [6.07, 6.45) is 2.38. The lowest BCUT2D eigenvalue weighted by atomic mass is 9.80. The molecule has 1 aromatic carbocycles. The molecule has 1 N–H and O–H groups in total. The Kier molecular flexibility index (Phi) is 3.53. The maximum Gasteiger partial charge on any atom is 0.280 e. The number of nitrogens with one attached hydrogen (secondary N) is 1. The van der Waals surface area contributed by atoms with Crippen molar-refractivity contribution in [1.29, 1.82) is 0 Å². The number of ether oxygens (including phenoxy) is 1. The van der Waals surface area contributed by atoms with Crippen LogP contribution in [0.3, 0.4) is 0 Å². The van der Waals surface area contributed by atoms with Crippen LogP contribution in [0.5, 0.6) is 5.75 Å². The van der Waals surface area contributed by atoms with Crippen LogP contribution >= 0.6 is 0 Å². The number of benzene rings is 1. The molecule has 0 unspecified atom stereocenters. The second kappa shape index (κ2) is 5.57. The van der Waals surface area contributed by atoms with Crippen LogP contribution in [0.15, 0.2) is 36.5 Å². The van der Waals surface area contributed by atoms with E-state index in [0.29, 0.717) is 0 Å². The van der Waals surface area contributed by atoms with E-state index >= 15 is 0 Å². The van der Waals surface area contributed by atoms with Crippen molar-refractivity contribution in [3.8, 4) is 16.9 Å². The summed E-state index contributed by atoms with van der Waals surface area (Å²) in [5.74, 6) is 0.926. The van der Waals surface area contributed by atoms with E-state index < -0.39 is 6.43 Å². The van der Waals surface area contributed by atoms with Gasteiger partial charge in [-0.15, -0.1) is 0 Å². The van der Waals surface area contributed by atoms with E-state index in [2.05, 4.69) is 16.4 Å². The Morgan fingerprint density at radius 1 is 1.13 bits per heavy atom. The lowest BCUT2D eigenvalue weighted by Gasteiger charge is -2.41. The average molecular weight is 316 g/mol. The smallest absolute Gasteiger partial charge is 0.280 e. The summed E-state index contributed by atoms with van der Waals surface area (Å²) in [4.78, 5) is 3.83. The molecular formula is C18H18F2N2O. The molecule has 1 fully saturated rings. The zero-order chi connectivity index (χ0) is 15.9. The Morgan fingerprint density at radius 3 is 2.61 bits per heavy atom. The highest BCUT2D eigenvalue weighted by Crippen LogP contribution is 2.39. The van der Waals surface area contributed by atoms with Crippen LogP contribution in [0.1, 0.15) is 36.9 Å². The molecule has 1 aliphatic heterocycles. The Labute approximate surface area is 133 Å². The summed E-state index contributed by atoms with van der Waals surface area (Å²) in [6, 6.07) is 9.08. The first kappa shape index (κ1) is 14.6. The number of hydrogen-bond acceptors (Lipinski definition) is 3. The summed E-state index contributed by atoms with van der Waals surface area (Å²) in [5, 5.41) is 3.46. The molecule has 0 radical (unpaired) electrons. The molecule has 1 spiro atoms. The molecule has 3 nitrogen and oxygen atoms in total. The fraction of sp³-hybridized carbons (Fsp3) is 0.389.